The summed E-state index contributed by atoms with van der Waals surface area (Å²) in [7, 11) is 0. The second-order valence-corrected chi connectivity index (χ2v) is 5.86. The Kier molecular flexibility index (Phi) is 1.66. The van der Waals surface area contributed by atoms with Gasteiger partial charge in [0.25, 0.3) is 0 Å². The molecule has 0 aromatic rings. The molecule has 2 bridgehead atoms. The lowest BCUT2D eigenvalue weighted by Gasteiger charge is -2.44. The van der Waals surface area contributed by atoms with Crippen LogP contribution in [-0.4, -0.2) is 19.0 Å². The number of hydrogen-bond donors (Lipinski definition) is 0. The molecule has 1 saturated heterocycles. The van der Waals surface area contributed by atoms with Crippen LogP contribution in [0.3, 0.4) is 0 Å². The van der Waals surface area contributed by atoms with Crippen LogP contribution in [0.4, 0.5) is 0 Å². The van der Waals surface area contributed by atoms with E-state index in [1.54, 1.807) is 0 Å². The average Bonchev–Trinajstić information content (AvgIpc) is 2.77. The van der Waals surface area contributed by atoms with Gasteiger partial charge >= 0.3 is 0 Å². The quantitative estimate of drug-likeness (QED) is 0.592. The van der Waals surface area contributed by atoms with Crippen LogP contribution in [-0.2, 0) is 9.47 Å². The first kappa shape index (κ1) is 9.17. The fraction of sp³-hybridized carbons (Fsp3) is 1.00. The highest BCUT2D eigenvalue weighted by Gasteiger charge is 2.64. The second kappa shape index (κ2) is 2.53. The minimum absolute atomic E-state index is 0.167. The van der Waals surface area contributed by atoms with Crippen LogP contribution < -0.4 is 0 Å². The van der Waals surface area contributed by atoms with Gasteiger partial charge in [-0.15, -0.1) is 0 Å². The number of ether oxygens (including phenoxy) is 2. The van der Waals surface area contributed by atoms with Gasteiger partial charge in [-0.25, -0.2) is 0 Å². The first-order valence-electron chi connectivity index (χ1n) is 5.84. The summed E-state index contributed by atoms with van der Waals surface area (Å²) in [5.74, 6) is 2.02. The SMILES string of the molecule is C[C@H]1[C@H]2C[C@@H](CC23OCCO3)C1(C)C. The van der Waals surface area contributed by atoms with Gasteiger partial charge in [-0.2, -0.15) is 0 Å². The summed E-state index contributed by atoms with van der Waals surface area (Å²) in [5, 5.41) is 0. The van der Waals surface area contributed by atoms with Crippen LogP contribution in [0.15, 0.2) is 0 Å². The third-order valence-electron chi connectivity index (χ3n) is 5.24. The van der Waals surface area contributed by atoms with Crippen molar-refractivity contribution in [3.8, 4) is 0 Å². The Balaban J connectivity index is 1.92. The molecule has 0 amide bonds. The fourth-order valence-corrected chi connectivity index (χ4v) is 3.91. The monoisotopic (exact) mass is 196 g/mol. The van der Waals surface area contributed by atoms with E-state index in [0.717, 1.165) is 31.5 Å². The lowest BCUT2D eigenvalue weighted by atomic mass is 9.67. The van der Waals surface area contributed by atoms with Crippen molar-refractivity contribution in [3.05, 3.63) is 0 Å². The van der Waals surface area contributed by atoms with E-state index < -0.39 is 0 Å². The molecule has 14 heavy (non-hydrogen) atoms. The van der Waals surface area contributed by atoms with E-state index in [1.807, 2.05) is 0 Å². The van der Waals surface area contributed by atoms with Gasteiger partial charge in [-0.3, -0.25) is 0 Å². The topological polar surface area (TPSA) is 18.5 Å². The van der Waals surface area contributed by atoms with Gasteiger partial charge in [0, 0.05) is 12.3 Å². The molecule has 2 heteroatoms. The van der Waals surface area contributed by atoms with Crippen molar-refractivity contribution in [2.24, 2.45) is 23.2 Å². The van der Waals surface area contributed by atoms with E-state index in [9.17, 15) is 0 Å². The van der Waals surface area contributed by atoms with Crippen LogP contribution in [0.5, 0.6) is 0 Å². The van der Waals surface area contributed by atoms with Crippen molar-refractivity contribution < 1.29 is 9.47 Å². The molecule has 80 valence electrons. The summed E-state index contributed by atoms with van der Waals surface area (Å²) in [6.07, 6.45) is 2.45. The lowest BCUT2D eigenvalue weighted by molar-refractivity contribution is -0.214. The summed E-state index contributed by atoms with van der Waals surface area (Å²) in [6, 6.07) is 0. The van der Waals surface area contributed by atoms with Gasteiger partial charge in [0.05, 0.1) is 13.2 Å². The highest BCUT2D eigenvalue weighted by atomic mass is 16.7. The maximum absolute atomic E-state index is 5.88. The second-order valence-electron chi connectivity index (χ2n) is 5.86. The van der Waals surface area contributed by atoms with Gasteiger partial charge in [0.1, 0.15) is 0 Å². The van der Waals surface area contributed by atoms with Crippen molar-refractivity contribution in [2.45, 2.75) is 39.4 Å². The highest BCUT2D eigenvalue weighted by molar-refractivity contribution is 5.09. The minimum Gasteiger partial charge on any atom is -0.347 e. The maximum Gasteiger partial charge on any atom is 0.171 e. The van der Waals surface area contributed by atoms with E-state index in [0.29, 0.717) is 11.3 Å². The molecule has 0 unspecified atom stereocenters. The fourth-order valence-electron chi connectivity index (χ4n) is 3.91. The van der Waals surface area contributed by atoms with Crippen LogP contribution in [0.25, 0.3) is 0 Å². The Labute approximate surface area is 86.0 Å². The first-order chi connectivity index (χ1) is 6.56. The first-order valence-corrected chi connectivity index (χ1v) is 5.84. The molecular formula is C12H20O2. The Bertz CT molecular complexity index is 249. The summed E-state index contributed by atoms with van der Waals surface area (Å²) >= 11 is 0. The molecule has 3 aliphatic rings. The largest absolute Gasteiger partial charge is 0.347 e. The molecule has 3 atom stereocenters. The Hall–Kier alpha value is -0.0800. The summed E-state index contributed by atoms with van der Waals surface area (Å²) in [5.41, 5.74) is 0.491. The van der Waals surface area contributed by atoms with Crippen LogP contribution >= 0.6 is 0 Å². The molecule has 3 rings (SSSR count). The molecule has 2 nitrogen and oxygen atoms in total. The third-order valence-corrected chi connectivity index (χ3v) is 5.24. The maximum atomic E-state index is 5.88. The van der Waals surface area contributed by atoms with Crippen molar-refractivity contribution in [3.63, 3.8) is 0 Å². The van der Waals surface area contributed by atoms with Gasteiger partial charge in [-0.1, -0.05) is 20.8 Å². The number of rotatable bonds is 0. The minimum atomic E-state index is -0.167. The molecule has 1 heterocycles. The van der Waals surface area contributed by atoms with E-state index in [2.05, 4.69) is 20.8 Å². The Morgan fingerprint density at radius 1 is 1.14 bits per heavy atom. The van der Waals surface area contributed by atoms with E-state index >= 15 is 0 Å². The zero-order valence-electron chi connectivity index (χ0n) is 9.38. The molecule has 0 aromatic carbocycles. The van der Waals surface area contributed by atoms with Crippen molar-refractivity contribution in [1.82, 2.24) is 0 Å². The molecule has 0 aromatic heterocycles. The van der Waals surface area contributed by atoms with Crippen LogP contribution in [0.1, 0.15) is 33.6 Å². The average molecular weight is 196 g/mol. The molecule has 2 saturated carbocycles. The summed E-state index contributed by atoms with van der Waals surface area (Å²) in [6.45, 7) is 8.79. The molecule has 1 spiro atoms. The standard InChI is InChI=1S/C12H20O2/c1-8-10-6-9(11(8,2)3)7-12(10)13-4-5-14-12/h8-10H,4-7H2,1-3H3/t8-,9-,10+/m0/s1. The van der Waals surface area contributed by atoms with Gasteiger partial charge in [0.15, 0.2) is 5.79 Å². The van der Waals surface area contributed by atoms with E-state index in [-0.39, 0.29) is 5.79 Å². The van der Waals surface area contributed by atoms with E-state index in [4.69, 9.17) is 9.47 Å². The van der Waals surface area contributed by atoms with Gasteiger partial charge < -0.3 is 9.47 Å². The smallest absolute Gasteiger partial charge is 0.171 e. The third kappa shape index (κ3) is 0.892. The van der Waals surface area contributed by atoms with E-state index in [1.165, 1.54) is 6.42 Å². The number of fused-ring (bicyclic) bond motifs is 3. The predicted octanol–water partition coefficient (Wildman–Crippen LogP) is 2.43. The molecule has 0 N–H and O–H groups in total. The Morgan fingerprint density at radius 3 is 2.29 bits per heavy atom. The summed E-state index contributed by atoms with van der Waals surface area (Å²) < 4.78 is 11.8. The van der Waals surface area contributed by atoms with Gasteiger partial charge in [-0.05, 0) is 23.7 Å². The van der Waals surface area contributed by atoms with Gasteiger partial charge in [0.2, 0.25) is 0 Å². The molecular weight excluding hydrogens is 176 g/mol. The predicted molar refractivity (Wildman–Crippen MR) is 53.8 cm³/mol. The Morgan fingerprint density at radius 2 is 1.79 bits per heavy atom. The molecule has 0 radical (unpaired) electrons. The lowest BCUT2D eigenvalue weighted by Crippen LogP contribution is -2.45. The number of hydrogen-bond acceptors (Lipinski definition) is 2. The zero-order valence-corrected chi connectivity index (χ0v) is 9.38. The zero-order chi connectivity index (χ0) is 9.97. The molecule has 1 aliphatic heterocycles. The summed E-state index contributed by atoms with van der Waals surface area (Å²) in [4.78, 5) is 0. The van der Waals surface area contributed by atoms with Crippen LogP contribution in [0, 0.1) is 23.2 Å². The van der Waals surface area contributed by atoms with Crippen LogP contribution in [0.2, 0.25) is 0 Å². The van der Waals surface area contributed by atoms with Crippen molar-refractivity contribution in [2.75, 3.05) is 13.2 Å². The van der Waals surface area contributed by atoms with Crippen molar-refractivity contribution in [1.29, 1.82) is 0 Å². The van der Waals surface area contributed by atoms with Crippen molar-refractivity contribution >= 4 is 0 Å². The highest BCUT2D eigenvalue weighted by Crippen LogP contribution is 2.64. The normalized spacial score (nSPS) is 47.8. The molecule has 3 fully saturated rings. The molecule has 2 aliphatic carbocycles.